The summed E-state index contributed by atoms with van der Waals surface area (Å²) < 4.78 is 14.1. The number of nitrogens with zero attached hydrogens (tertiary/aromatic N) is 7. The van der Waals surface area contributed by atoms with Crippen LogP contribution in [-0.4, -0.2) is 154 Å². The van der Waals surface area contributed by atoms with Crippen molar-refractivity contribution >= 4 is 69.0 Å². The van der Waals surface area contributed by atoms with Gasteiger partial charge in [-0.05, 0) is 93.0 Å². The van der Waals surface area contributed by atoms with Gasteiger partial charge in [0.15, 0.2) is 5.60 Å². The summed E-state index contributed by atoms with van der Waals surface area (Å²) >= 11 is 0. The highest BCUT2D eigenvalue weighted by Gasteiger charge is 2.44. The molecule has 23 heteroatoms. The first-order valence-electron chi connectivity index (χ1n) is 28.4. The number of benzene rings is 3. The van der Waals surface area contributed by atoms with Crippen molar-refractivity contribution < 1.29 is 43.3 Å². The number of likely N-dealkylation sites (tertiary alicyclic amines) is 1. The average Bonchev–Trinajstić information content (AvgIpc) is 1.69. The zero-order chi connectivity index (χ0) is 59.3. The normalized spacial score (nSPS) is 17.5. The van der Waals surface area contributed by atoms with Crippen LogP contribution in [0.4, 0.5) is 16.4 Å². The minimum Gasteiger partial charge on any atom is -0.495 e. The second-order valence-electron chi connectivity index (χ2n) is 22.4. The van der Waals surface area contributed by atoms with E-state index in [1.165, 1.54) is 12.0 Å². The molecule has 3 aromatic carbocycles. The van der Waals surface area contributed by atoms with Crippen molar-refractivity contribution in [1.29, 1.82) is 0 Å². The molecular formula is C61H71N13O10. The number of hydrogen-bond donors (Lipinski definition) is 7. The number of carbonyl (C=O) groups excluding carboxylic acids is 6. The lowest BCUT2D eigenvalue weighted by molar-refractivity contribution is -0.133. The van der Waals surface area contributed by atoms with Crippen molar-refractivity contribution in [3.8, 4) is 28.7 Å². The number of rotatable bonds is 21. The summed E-state index contributed by atoms with van der Waals surface area (Å²) in [7, 11) is 3.22. The van der Waals surface area contributed by atoms with E-state index in [1.807, 2.05) is 54.7 Å². The van der Waals surface area contributed by atoms with Crippen molar-refractivity contribution in [3.05, 3.63) is 112 Å². The van der Waals surface area contributed by atoms with E-state index in [0.717, 1.165) is 103 Å². The molecule has 0 unspecified atom stereocenters. The molecular weight excluding hydrogens is 1070 g/mol. The Morgan fingerprint density at radius 2 is 1.63 bits per heavy atom. The standard InChI is InChI=1S/C61H71N13O10/c1-60(67-23-7-8-38-11-16-49(83-3)48(30-38)73-27-20-53(79)74(59(73)82)37-66-52(78)34-65-56(80)40(32-50(62)76)33-51(63)77)21-28-71(29-22-60)42-18-25-72(26-19-42)58-68-47-15-12-39(46-35-70(2)57(81)54-44(46)17-24-64-54)31-45(47)55(69-58)61(36-75,84-43-13-14-43)41-9-5-4-6-10-41/h4-6,9-12,15-17,24,30-31,35,40,42-43,64,67,75H,13-14,18-23,25-29,32-34,36-37H2,1-3H3,(H2,62,76)(H2,63,77)(H,65,80)(H,66,78)/t61-/m0/s1. The molecule has 1 aliphatic carbocycles. The summed E-state index contributed by atoms with van der Waals surface area (Å²) in [6, 6.07) is 22.8. The maximum atomic E-state index is 13.8. The van der Waals surface area contributed by atoms with Crippen LogP contribution in [0.3, 0.4) is 0 Å². The number of piperidine rings is 2. The van der Waals surface area contributed by atoms with Crippen LogP contribution < -0.4 is 47.5 Å². The van der Waals surface area contributed by atoms with Gasteiger partial charge in [-0.15, -0.1) is 0 Å². The van der Waals surface area contributed by atoms with Gasteiger partial charge < -0.3 is 61.3 Å². The van der Waals surface area contributed by atoms with Crippen molar-refractivity contribution in [3.63, 3.8) is 0 Å². The second kappa shape index (κ2) is 25.0. The molecule has 3 aromatic heterocycles. The molecule has 6 heterocycles. The lowest BCUT2D eigenvalue weighted by Crippen LogP contribution is -2.56. The van der Waals surface area contributed by atoms with E-state index in [0.29, 0.717) is 46.7 Å². The minimum absolute atomic E-state index is 0.0206. The Hall–Kier alpha value is -8.69. The number of aliphatic hydroxyl groups excluding tert-OH is 1. The number of methoxy groups -OCH3 is 1. The number of H-pyrrole nitrogens is 1. The van der Waals surface area contributed by atoms with Crippen LogP contribution in [0, 0.1) is 17.8 Å². The fraction of sp³-hybridized carbons (Fsp3) is 0.426. The Bertz CT molecular complexity index is 3600. The van der Waals surface area contributed by atoms with Crippen LogP contribution in [0.1, 0.15) is 81.5 Å². The van der Waals surface area contributed by atoms with Gasteiger partial charge in [-0.1, -0.05) is 48.2 Å². The molecule has 6 aromatic rings. The van der Waals surface area contributed by atoms with Gasteiger partial charge >= 0.3 is 6.03 Å². The average molecular weight is 1150 g/mol. The first-order chi connectivity index (χ1) is 40.5. The largest absolute Gasteiger partial charge is 0.495 e. The lowest BCUT2D eigenvalue weighted by Gasteiger charge is -2.45. The Balaban J connectivity index is 0.759. The number of pyridine rings is 1. The quantitative estimate of drug-likeness (QED) is 0.0510. The smallest absolute Gasteiger partial charge is 0.332 e. The molecule has 1 atom stereocenters. The van der Waals surface area contributed by atoms with Gasteiger partial charge in [0.2, 0.25) is 35.5 Å². The number of primary amides is 2. The maximum absolute atomic E-state index is 13.8. The zero-order valence-electron chi connectivity index (χ0n) is 47.4. The van der Waals surface area contributed by atoms with Crippen molar-refractivity contribution in [2.45, 2.75) is 88.0 Å². The van der Waals surface area contributed by atoms with Crippen LogP contribution in [-0.2, 0) is 41.4 Å². The molecule has 0 spiro atoms. The third-order valence-corrected chi connectivity index (χ3v) is 16.5. The van der Waals surface area contributed by atoms with Crippen molar-refractivity contribution in [2.24, 2.45) is 24.4 Å². The van der Waals surface area contributed by atoms with Gasteiger partial charge in [0.05, 0.1) is 55.7 Å². The summed E-state index contributed by atoms with van der Waals surface area (Å²) in [4.78, 5) is 109. The van der Waals surface area contributed by atoms with Crippen LogP contribution >= 0.6 is 0 Å². The third-order valence-electron chi connectivity index (χ3n) is 16.5. The fourth-order valence-corrected chi connectivity index (χ4v) is 11.6. The van der Waals surface area contributed by atoms with Crippen LogP contribution in [0.2, 0.25) is 0 Å². The fourth-order valence-electron chi connectivity index (χ4n) is 11.6. The van der Waals surface area contributed by atoms with Crippen molar-refractivity contribution in [2.75, 3.05) is 76.0 Å². The van der Waals surface area contributed by atoms with Crippen LogP contribution in [0.5, 0.6) is 5.75 Å². The highest BCUT2D eigenvalue weighted by Crippen LogP contribution is 2.44. The molecule has 1 saturated carbocycles. The van der Waals surface area contributed by atoms with Crippen molar-refractivity contribution in [1.82, 2.24) is 45.3 Å². The Morgan fingerprint density at radius 3 is 2.32 bits per heavy atom. The van der Waals surface area contributed by atoms with Gasteiger partial charge in [0.25, 0.3) is 5.56 Å². The predicted molar refractivity (Wildman–Crippen MR) is 314 cm³/mol. The number of fused-ring (bicyclic) bond motifs is 2. The van der Waals surface area contributed by atoms with Gasteiger partial charge in [-0.2, -0.15) is 0 Å². The molecule has 7 amide bonds. The molecule has 84 heavy (non-hydrogen) atoms. The SMILES string of the molecule is COc1ccc(C#CCNC2(C)CCN(C3CCN(c4nc([C@@](CO)(OC5CC5)c5ccccc5)c5cc(-c6cn(C)c(=O)c7[nH]ccc67)ccc5n4)CC3)CC2)cc1N1CCC(=O)N(CNC(=O)CNC(=O)C(CC(N)=O)CC(N)=O)C1=O. The summed E-state index contributed by atoms with van der Waals surface area (Å²) in [5.74, 6) is 2.61. The summed E-state index contributed by atoms with van der Waals surface area (Å²) in [6.07, 6.45) is 8.18. The first-order valence-corrected chi connectivity index (χ1v) is 28.4. The van der Waals surface area contributed by atoms with E-state index in [9.17, 15) is 38.7 Å². The molecule has 10 rings (SSSR count). The van der Waals surface area contributed by atoms with E-state index >= 15 is 0 Å². The van der Waals surface area contributed by atoms with E-state index in [4.69, 9.17) is 30.9 Å². The Morgan fingerprint density at radius 1 is 0.893 bits per heavy atom. The van der Waals surface area contributed by atoms with Gasteiger partial charge in [-0.3, -0.25) is 33.7 Å². The topological polar surface area (TPSA) is 306 Å². The number of amides is 7. The van der Waals surface area contributed by atoms with Crippen LogP contribution in [0.15, 0.2) is 90.0 Å². The van der Waals surface area contributed by atoms with Gasteiger partial charge in [0.1, 0.15) is 17.9 Å². The summed E-state index contributed by atoms with van der Waals surface area (Å²) in [5, 5.41) is 21.6. The number of nitrogens with one attached hydrogen (secondary N) is 4. The number of ether oxygens (including phenoxy) is 2. The number of anilines is 2. The maximum Gasteiger partial charge on any atom is 0.332 e. The molecule has 9 N–H and O–H groups in total. The third kappa shape index (κ3) is 12.8. The number of aromatic amines is 1. The molecule has 0 bridgehead atoms. The lowest BCUT2D eigenvalue weighted by atomic mass is 9.87. The Kier molecular flexibility index (Phi) is 17.4. The highest BCUT2D eigenvalue weighted by atomic mass is 16.5. The monoisotopic (exact) mass is 1150 g/mol. The van der Waals surface area contributed by atoms with E-state index in [2.05, 4.69) is 55.6 Å². The predicted octanol–water partition coefficient (Wildman–Crippen LogP) is 3.08. The molecule has 4 aliphatic rings. The minimum atomic E-state index is -1.26. The van der Waals surface area contributed by atoms with E-state index < -0.39 is 73.1 Å². The summed E-state index contributed by atoms with van der Waals surface area (Å²) in [6.45, 7) is 4.68. The number of imide groups is 1. The number of hydrogen-bond acceptors (Lipinski definition) is 15. The number of nitrogens with two attached hydrogens (primary N) is 2. The summed E-state index contributed by atoms with van der Waals surface area (Å²) in [5.41, 5.74) is 14.3. The molecule has 0 radical (unpaired) electrons. The van der Waals surface area contributed by atoms with E-state index in [1.54, 1.807) is 36.0 Å². The number of carbonyl (C=O) groups is 6. The number of aliphatic hydroxyl groups is 1. The van der Waals surface area contributed by atoms with Crippen LogP contribution in [0.25, 0.3) is 32.9 Å². The molecule has 3 aliphatic heterocycles. The van der Waals surface area contributed by atoms with Gasteiger partial charge in [-0.25, -0.2) is 19.7 Å². The number of urea groups is 1. The second-order valence-corrected chi connectivity index (χ2v) is 22.4. The zero-order valence-corrected chi connectivity index (χ0v) is 47.4. The van der Waals surface area contributed by atoms with Gasteiger partial charge in [0, 0.05) is 105 Å². The highest BCUT2D eigenvalue weighted by molar-refractivity contribution is 6.06. The Labute approximate surface area is 485 Å². The first kappa shape index (κ1) is 58.5. The number of aryl methyl sites for hydroxylation is 1. The molecule has 4 fully saturated rings. The molecule has 440 valence electrons. The number of aromatic nitrogens is 4. The molecule has 3 saturated heterocycles. The molecule has 23 nitrogen and oxygen atoms in total. The van der Waals surface area contributed by atoms with E-state index in [-0.39, 0.29) is 36.8 Å².